The van der Waals surface area contributed by atoms with Gasteiger partial charge in [-0.05, 0) is 35.9 Å². The summed E-state index contributed by atoms with van der Waals surface area (Å²) in [5.41, 5.74) is 1.71. The van der Waals surface area contributed by atoms with Crippen molar-refractivity contribution in [2.75, 3.05) is 18.4 Å². The zero-order chi connectivity index (χ0) is 16.5. The lowest BCUT2D eigenvalue weighted by Gasteiger charge is -2.06. The first-order chi connectivity index (χ1) is 11.1. The molecule has 0 aliphatic rings. The van der Waals surface area contributed by atoms with Crippen LogP contribution >= 0.6 is 0 Å². The standard InChI is InChI=1S/C16H16N4O3/c21-16(6-1-13-7-9-17-10-8-13)19-12-11-18-14-2-4-15(5-3-14)20(22)23/h1-10,18H,11-12H2,(H,19,21)/b6-1+. The van der Waals surface area contributed by atoms with E-state index in [1.165, 1.54) is 18.2 Å². The lowest BCUT2D eigenvalue weighted by molar-refractivity contribution is -0.384. The maximum atomic E-state index is 11.6. The Labute approximate surface area is 133 Å². The minimum absolute atomic E-state index is 0.0464. The van der Waals surface area contributed by atoms with Crippen LogP contribution in [0.25, 0.3) is 6.08 Å². The van der Waals surface area contributed by atoms with Crippen LogP contribution in [-0.2, 0) is 4.79 Å². The maximum absolute atomic E-state index is 11.6. The summed E-state index contributed by atoms with van der Waals surface area (Å²) < 4.78 is 0. The number of nitro benzene ring substituents is 1. The predicted molar refractivity (Wildman–Crippen MR) is 87.9 cm³/mol. The minimum Gasteiger partial charge on any atom is -0.383 e. The van der Waals surface area contributed by atoms with E-state index in [2.05, 4.69) is 15.6 Å². The van der Waals surface area contributed by atoms with Crippen LogP contribution in [0.5, 0.6) is 0 Å². The molecule has 118 valence electrons. The lowest BCUT2D eigenvalue weighted by Crippen LogP contribution is -2.27. The minimum atomic E-state index is -0.445. The van der Waals surface area contributed by atoms with Gasteiger partial charge in [0.05, 0.1) is 4.92 Å². The van der Waals surface area contributed by atoms with Crippen LogP contribution in [0.2, 0.25) is 0 Å². The molecule has 1 amide bonds. The summed E-state index contributed by atoms with van der Waals surface area (Å²) >= 11 is 0. The summed E-state index contributed by atoms with van der Waals surface area (Å²) in [6.45, 7) is 0.961. The number of pyridine rings is 1. The Morgan fingerprint density at radius 2 is 1.83 bits per heavy atom. The molecule has 0 unspecified atom stereocenters. The molecule has 0 bridgehead atoms. The number of hydrogen-bond donors (Lipinski definition) is 2. The molecule has 0 saturated heterocycles. The SMILES string of the molecule is O=C(/C=C/c1ccncc1)NCCNc1ccc([N+](=O)[O-])cc1. The van der Waals surface area contributed by atoms with E-state index in [9.17, 15) is 14.9 Å². The molecule has 0 atom stereocenters. The van der Waals surface area contributed by atoms with Crippen molar-refractivity contribution in [3.63, 3.8) is 0 Å². The number of aromatic nitrogens is 1. The molecular weight excluding hydrogens is 296 g/mol. The molecule has 1 aromatic heterocycles. The largest absolute Gasteiger partial charge is 0.383 e. The predicted octanol–water partition coefficient (Wildman–Crippen LogP) is 2.23. The summed E-state index contributed by atoms with van der Waals surface area (Å²) in [4.78, 5) is 25.6. The topological polar surface area (TPSA) is 97.2 Å². The molecule has 0 aliphatic heterocycles. The van der Waals surface area contributed by atoms with Gasteiger partial charge in [0, 0.05) is 49.4 Å². The van der Waals surface area contributed by atoms with Gasteiger partial charge in [-0.2, -0.15) is 0 Å². The Morgan fingerprint density at radius 3 is 2.48 bits per heavy atom. The third kappa shape index (κ3) is 5.58. The van der Waals surface area contributed by atoms with Crippen molar-refractivity contribution in [2.45, 2.75) is 0 Å². The van der Waals surface area contributed by atoms with Crippen molar-refractivity contribution >= 4 is 23.4 Å². The normalized spacial score (nSPS) is 10.4. The van der Waals surface area contributed by atoms with Gasteiger partial charge in [0.1, 0.15) is 0 Å². The highest BCUT2D eigenvalue weighted by Crippen LogP contribution is 2.14. The molecule has 0 aliphatic carbocycles. The van der Waals surface area contributed by atoms with Crippen molar-refractivity contribution in [2.24, 2.45) is 0 Å². The molecule has 2 rings (SSSR count). The molecule has 23 heavy (non-hydrogen) atoms. The van der Waals surface area contributed by atoms with Gasteiger partial charge in [-0.25, -0.2) is 0 Å². The third-order valence-electron chi connectivity index (χ3n) is 2.96. The molecular formula is C16H16N4O3. The van der Waals surface area contributed by atoms with E-state index >= 15 is 0 Å². The van der Waals surface area contributed by atoms with Crippen LogP contribution in [-0.4, -0.2) is 28.9 Å². The van der Waals surface area contributed by atoms with E-state index in [0.29, 0.717) is 13.1 Å². The second kappa shape index (κ2) is 8.28. The number of nitro groups is 1. The first-order valence-corrected chi connectivity index (χ1v) is 6.99. The molecule has 0 radical (unpaired) electrons. The van der Waals surface area contributed by atoms with E-state index in [4.69, 9.17) is 0 Å². The van der Waals surface area contributed by atoms with Crippen LogP contribution in [0.4, 0.5) is 11.4 Å². The van der Waals surface area contributed by atoms with E-state index in [0.717, 1.165) is 11.3 Å². The van der Waals surface area contributed by atoms with E-state index in [-0.39, 0.29) is 11.6 Å². The van der Waals surface area contributed by atoms with Crippen LogP contribution < -0.4 is 10.6 Å². The average molecular weight is 312 g/mol. The quantitative estimate of drug-likeness (QED) is 0.354. The number of rotatable bonds is 7. The monoisotopic (exact) mass is 312 g/mol. The molecule has 7 heteroatoms. The fourth-order valence-corrected chi connectivity index (χ4v) is 1.80. The van der Waals surface area contributed by atoms with Crippen LogP contribution in [0.1, 0.15) is 5.56 Å². The summed E-state index contributed by atoms with van der Waals surface area (Å²) in [5.74, 6) is -0.188. The van der Waals surface area contributed by atoms with Gasteiger partial charge in [-0.15, -0.1) is 0 Å². The molecule has 7 nitrogen and oxygen atoms in total. The number of anilines is 1. The van der Waals surface area contributed by atoms with Crippen molar-refractivity contribution in [3.8, 4) is 0 Å². The molecule has 0 fully saturated rings. The van der Waals surface area contributed by atoms with Crippen molar-refractivity contribution in [3.05, 3.63) is 70.5 Å². The fraction of sp³-hybridized carbons (Fsp3) is 0.125. The van der Waals surface area contributed by atoms with Crippen molar-refractivity contribution in [1.82, 2.24) is 10.3 Å². The van der Waals surface area contributed by atoms with E-state index in [1.807, 2.05) is 0 Å². The number of carbonyl (C=O) groups is 1. The first kappa shape index (κ1) is 16.2. The smallest absolute Gasteiger partial charge is 0.269 e. The highest BCUT2D eigenvalue weighted by atomic mass is 16.6. The number of hydrogen-bond acceptors (Lipinski definition) is 5. The van der Waals surface area contributed by atoms with Gasteiger partial charge < -0.3 is 10.6 Å². The van der Waals surface area contributed by atoms with Gasteiger partial charge in [-0.3, -0.25) is 19.9 Å². The molecule has 1 aromatic carbocycles. The highest BCUT2D eigenvalue weighted by molar-refractivity contribution is 5.91. The number of non-ortho nitro benzene ring substituents is 1. The molecule has 2 aromatic rings. The summed E-state index contributed by atoms with van der Waals surface area (Å²) in [7, 11) is 0. The number of nitrogens with one attached hydrogen (secondary N) is 2. The lowest BCUT2D eigenvalue weighted by atomic mass is 10.2. The van der Waals surface area contributed by atoms with Gasteiger partial charge in [0.15, 0.2) is 0 Å². The van der Waals surface area contributed by atoms with Crippen LogP contribution in [0, 0.1) is 10.1 Å². The van der Waals surface area contributed by atoms with Crippen molar-refractivity contribution in [1.29, 1.82) is 0 Å². The Hall–Kier alpha value is -3.22. The van der Waals surface area contributed by atoms with Gasteiger partial charge >= 0.3 is 0 Å². The van der Waals surface area contributed by atoms with Gasteiger partial charge in [0.2, 0.25) is 5.91 Å². The Kier molecular flexibility index (Phi) is 5.81. The number of nitrogens with zero attached hydrogens (tertiary/aromatic N) is 2. The van der Waals surface area contributed by atoms with Crippen LogP contribution in [0.3, 0.4) is 0 Å². The molecule has 0 spiro atoms. The average Bonchev–Trinajstić information content (AvgIpc) is 2.58. The summed E-state index contributed by atoms with van der Waals surface area (Å²) in [5, 5.41) is 16.4. The summed E-state index contributed by atoms with van der Waals surface area (Å²) in [6.07, 6.45) is 6.49. The third-order valence-corrected chi connectivity index (χ3v) is 2.96. The zero-order valence-corrected chi connectivity index (χ0v) is 12.3. The molecule has 1 heterocycles. The van der Waals surface area contributed by atoms with Gasteiger partial charge in [0.25, 0.3) is 5.69 Å². The molecule has 2 N–H and O–H groups in total. The maximum Gasteiger partial charge on any atom is 0.269 e. The first-order valence-electron chi connectivity index (χ1n) is 6.99. The Bertz CT molecular complexity index is 684. The van der Waals surface area contributed by atoms with Gasteiger partial charge in [-0.1, -0.05) is 0 Å². The van der Waals surface area contributed by atoms with E-state index < -0.39 is 4.92 Å². The number of benzene rings is 1. The Morgan fingerprint density at radius 1 is 1.13 bits per heavy atom. The Balaban J connectivity index is 1.69. The zero-order valence-electron chi connectivity index (χ0n) is 12.3. The second-order valence-corrected chi connectivity index (χ2v) is 4.64. The van der Waals surface area contributed by atoms with E-state index in [1.54, 1.807) is 42.7 Å². The molecule has 0 saturated carbocycles. The fourth-order valence-electron chi connectivity index (χ4n) is 1.80. The number of amides is 1. The van der Waals surface area contributed by atoms with Crippen molar-refractivity contribution < 1.29 is 9.72 Å². The summed E-state index contributed by atoms with van der Waals surface area (Å²) in [6, 6.07) is 9.73. The van der Waals surface area contributed by atoms with Crippen LogP contribution in [0.15, 0.2) is 54.9 Å². The number of carbonyl (C=O) groups excluding carboxylic acids is 1. The highest BCUT2D eigenvalue weighted by Gasteiger charge is 2.03. The second-order valence-electron chi connectivity index (χ2n) is 4.64.